The van der Waals surface area contributed by atoms with Crippen LogP contribution in [0.4, 0.5) is 46.9 Å². The zero-order chi connectivity index (χ0) is 39.9. The van der Waals surface area contributed by atoms with E-state index < -0.39 is 35.8 Å². The summed E-state index contributed by atoms with van der Waals surface area (Å²) in [5, 5.41) is 10.2. The molecule has 0 atom stereocenters. The van der Waals surface area contributed by atoms with Crippen LogP contribution in [0.3, 0.4) is 0 Å². The first-order chi connectivity index (χ1) is 26.5. The number of amidine groups is 1. The van der Waals surface area contributed by atoms with E-state index >= 15 is 4.39 Å². The molecule has 1 fully saturated rings. The SMILES string of the molecule is Cc1ccc(COCc2cc3c(C(F)(F)F)nn(C)c3s2)c(N2C(=O)CS/C2=N\C(=O)Nc2ccc(-c3ncn(-c4ccc(OC(F)(F)F)cc4)n3)cc2F)c1. The van der Waals surface area contributed by atoms with Gasteiger partial charge in [-0.1, -0.05) is 23.9 Å². The summed E-state index contributed by atoms with van der Waals surface area (Å²) >= 11 is 2.12. The predicted octanol–water partition coefficient (Wildman–Crippen LogP) is 8.63. The lowest BCUT2D eigenvalue weighted by atomic mass is 10.1. The third kappa shape index (κ3) is 8.38. The normalized spacial score (nSPS) is 14.3. The monoisotopic (exact) mass is 818 g/mol. The van der Waals surface area contributed by atoms with Crippen molar-refractivity contribution in [2.45, 2.75) is 32.7 Å². The molecule has 0 bridgehead atoms. The first-order valence-corrected chi connectivity index (χ1v) is 18.0. The van der Waals surface area contributed by atoms with E-state index in [2.05, 4.69) is 30.2 Å². The second-order valence-electron chi connectivity index (χ2n) is 12.1. The number of carbonyl (C=O) groups excluding carboxylic acids is 2. The molecule has 4 heterocycles. The third-order valence-corrected chi connectivity index (χ3v) is 10.2. The van der Waals surface area contributed by atoms with E-state index in [1.54, 1.807) is 25.1 Å². The summed E-state index contributed by atoms with van der Waals surface area (Å²) in [5.41, 5.74) is 1.10. The molecule has 0 spiro atoms. The van der Waals surface area contributed by atoms with Gasteiger partial charge >= 0.3 is 18.6 Å². The van der Waals surface area contributed by atoms with Gasteiger partial charge in [-0.2, -0.15) is 23.3 Å². The molecule has 56 heavy (non-hydrogen) atoms. The molecule has 1 saturated heterocycles. The Morgan fingerprint density at radius 3 is 2.46 bits per heavy atom. The number of nitrogens with one attached hydrogen (secondary N) is 1. The highest BCUT2D eigenvalue weighted by Crippen LogP contribution is 2.38. The van der Waals surface area contributed by atoms with E-state index in [0.29, 0.717) is 26.6 Å². The topological polar surface area (TPSA) is 129 Å². The van der Waals surface area contributed by atoms with E-state index in [1.807, 2.05) is 0 Å². The molecule has 0 aliphatic carbocycles. The number of anilines is 2. The average molecular weight is 819 g/mol. The standard InChI is InChI=1S/C35H25F7N8O4S2/c1-18-3-4-20(14-53-15-23-13-24-29(34(37,38)39)46-48(2)31(24)56-23)27(11-18)50-28(51)16-55-33(50)45-32(52)44-26-10-5-19(12-25(26)36)30-43-17-49(47-30)21-6-8-22(9-7-21)54-35(40,41)42/h3-13,17H,14-16H2,1-2H3,(H,44,52)/b45-33-. The maximum atomic E-state index is 15.2. The minimum Gasteiger partial charge on any atom is -0.406 e. The summed E-state index contributed by atoms with van der Waals surface area (Å²) in [4.78, 5) is 36.5. The number of ether oxygens (including phenoxy) is 2. The summed E-state index contributed by atoms with van der Waals surface area (Å²) in [6.07, 6.45) is -8.17. The van der Waals surface area contributed by atoms with Crippen molar-refractivity contribution < 1.29 is 49.8 Å². The predicted molar refractivity (Wildman–Crippen MR) is 193 cm³/mol. The number of fused-ring (bicyclic) bond motifs is 1. The second kappa shape index (κ2) is 15.0. The summed E-state index contributed by atoms with van der Waals surface area (Å²) in [6.45, 7) is 1.75. The number of aliphatic imine (C=N–C) groups is 1. The van der Waals surface area contributed by atoms with Crippen molar-refractivity contribution in [2.24, 2.45) is 12.0 Å². The minimum absolute atomic E-state index is 0.0176. The molecule has 3 amide bonds. The van der Waals surface area contributed by atoms with Gasteiger partial charge < -0.3 is 14.8 Å². The van der Waals surface area contributed by atoms with Gasteiger partial charge in [-0.3, -0.25) is 14.4 Å². The van der Waals surface area contributed by atoms with Crippen LogP contribution in [-0.4, -0.2) is 53.8 Å². The van der Waals surface area contributed by atoms with Gasteiger partial charge in [0.05, 0.1) is 36.0 Å². The molecular weight excluding hydrogens is 794 g/mol. The lowest BCUT2D eigenvalue weighted by Crippen LogP contribution is -2.31. The van der Waals surface area contributed by atoms with Crippen molar-refractivity contribution in [2.75, 3.05) is 16.0 Å². The first-order valence-electron chi connectivity index (χ1n) is 16.2. The Labute approximate surface area is 319 Å². The number of rotatable bonds is 9. The fraction of sp³-hybridized carbons (Fsp3) is 0.200. The second-order valence-corrected chi connectivity index (χ2v) is 14.2. The number of carbonyl (C=O) groups is 2. The highest BCUT2D eigenvalue weighted by atomic mass is 32.2. The first kappa shape index (κ1) is 38.5. The van der Waals surface area contributed by atoms with Crippen LogP contribution in [0.25, 0.3) is 27.3 Å². The number of thioether (sulfide) groups is 1. The van der Waals surface area contributed by atoms with Gasteiger partial charge in [-0.25, -0.2) is 18.9 Å². The number of urea groups is 1. The number of aryl methyl sites for hydroxylation is 2. The Kier molecular flexibility index (Phi) is 10.3. The van der Waals surface area contributed by atoms with Gasteiger partial charge in [0, 0.05) is 28.4 Å². The zero-order valence-electron chi connectivity index (χ0n) is 28.8. The van der Waals surface area contributed by atoms with Gasteiger partial charge in [0.15, 0.2) is 16.7 Å². The molecule has 290 valence electrons. The molecule has 1 N–H and O–H groups in total. The Morgan fingerprint density at radius 1 is 0.982 bits per heavy atom. The van der Waals surface area contributed by atoms with Gasteiger partial charge in [-0.15, -0.1) is 29.6 Å². The van der Waals surface area contributed by atoms with Crippen LogP contribution in [-0.2, 0) is 36.0 Å². The van der Waals surface area contributed by atoms with Crippen molar-refractivity contribution in [1.82, 2.24) is 24.5 Å². The number of benzene rings is 3. The molecular formula is C35H25F7N8O4S2. The molecule has 1 aliphatic heterocycles. The van der Waals surface area contributed by atoms with Crippen LogP contribution in [0.5, 0.6) is 5.75 Å². The van der Waals surface area contributed by atoms with Crippen LogP contribution in [0.15, 0.2) is 78.0 Å². The third-order valence-electron chi connectivity index (χ3n) is 8.07. The number of hydrogen-bond acceptors (Lipinski definition) is 9. The van der Waals surface area contributed by atoms with E-state index in [9.17, 15) is 35.9 Å². The van der Waals surface area contributed by atoms with Crippen LogP contribution in [0.2, 0.25) is 0 Å². The molecule has 0 unspecified atom stereocenters. The fourth-order valence-electron chi connectivity index (χ4n) is 5.62. The number of amides is 3. The number of nitrogens with zero attached hydrogens (tertiary/aromatic N) is 7. The van der Waals surface area contributed by atoms with Crippen LogP contribution in [0.1, 0.15) is 21.7 Å². The van der Waals surface area contributed by atoms with E-state index in [4.69, 9.17) is 4.74 Å². The Hall–Kier alpha value is -5.80. The summed E-state index contributed by atoms with van der Waals surface area (Å²) in [5.74, 6) is -1.60. The molecule has 3 aromatic carbocycles. The Morgan fingerprint density at radius 2 is 1.75 bits per heavy atom. The van der Waals surface area contributed by atoms with Gasteiger partial charge in [-0.05, 0) is 67.1 Å². The molecule has 0 saturated carbocycles. The smallest absolute Gasteiger partial charge is 0.406 e. The molecule has 3 aromatic heterocycles. The maximum Gasteiger partial charge on any atom is 0.573 e. The van der Waals surface area contributed by atoms with E-state index in [1.165, 1.54) is 58.0 Å². The summed E-state index contributed by atoms with van der Waals surface area (Å²) in [6, 6.07) is 14.3. The van der Waals surface area contributed by atoms with E-state index in [-0.39, 0.29) is 52.5 Å². The summed E-state index contributed by atoms with van der Waals surface area (Å²) < 4.78 is 105. The zero-order valence-corrected chi connectivity index (χ0v) is 30.4. The highest BCUT2D eigenvalue weighted by molar-refractivity contribution is 8.15. The molecule has 7 rings (SSSR count). The summed E-state index contributed by atoms with van der Waals surface area (Å²) in [7, 11) is 1.43. The van der Waals surface area contributed by atoms with Crippen molar-refractivity contribution in [1.29, 1.82) is 0 Å². The average Bonchev–Trinajstić information content (AvgIpc) is 3.91. The number of alkyl halides is 6. The van der Waals surface area contributed by atoms with Gasteiger partial charge in [0.1, 0.15) is 22.7 Å². The van der Waals surface area contributed by atoms with Gasteiger partial charge in [0.2, 0.25) is 5.91 Å². The molecule has 21 heteroatoms. The number of thiophene rings is 1. The number of halogens is 7. The van der Waals surface area contributed by atoms with Crippen molar-refractivity contribution in [3.05, 3.63) is 101 Å². The van der Waals surface area contributed by atoms with Crippen LogP contribution >= 0.6 is 23.1 Å². The van der Waals surface area contributed by atoms with Gasteiger partial charge in [0.25, 0.3) is 0 Å². The number of aromatic nitrogens is 5. The minimum atomic E-state index is -4.84. The largest absolute Gasteiger partial charge is 0.573 e. The Bertz CT molecular complexity index is 2490. The lowest BCUT2D eigenvalue weighted by molar-refractivity contribution is -0.274. The quantitative estimate of drug-likeness (QED) is 0.144. The van der Waals surface area contributed by atoms with Crippen molar-refractivity contribution in [3.63, 3.8) is 0 Å². The fourth-order valence-corrected chi connectivity index (χ4v) is 7.49. The van der Waals surface area contributed by atoms with Crippen molar-refractivity contribution in [3.8, 4) is 22.8 Å². The van der Waals surface area contributed by atoms with Crippen LogP contribution in [0, 0.1) is 12.7 Å². The Balaban J connectivity index is 1.03. The van der Waals surface area contributed by atoms with Crippen molar-refractivity contribution >= 4 is 61.8 Å². The molecule has 0 radical (unpaired) electrons. The number of hydrogen-bond donors (Lipinski definition) is 1. The molecule has 12 nitrogen and oxygen atoms in total. The van der Waals surface area contributed by atoms with E-state index in [0.717, 1.165) is 46.9 Å². The maximum absolute atomic E-state index is 15.2. The molecule has 1 aliphatic rings. The molecule has 6 aromatic rings. The lowest BCUT2D eigenvalue weighted by Gasteiger charge is -2.20. The van der Waals surface area contributed by atoms with Crippen LogP contribution < -0.4 is 15.0 Å². The highest BCUT2D eigenvalue weighted by Gasteiger charge is 2.37.